The van der Waals surface area contributed by atoms with Crippen molar-refractivity contribution in [1.82, 2.24) is 0 Å². The summed E-state index contributed by atoms with van der Waals surface area (Å²) in [6.45, 7) is 13.9. The molecule has 0 aromatic rings. The molecule has 0 saturated heterocycles. The van der Waals surface area contributed by atoms with Gasteiger partial charge >= 0.3 is 0 Å². The van der Waals surface area contributed by atoms with Gasteiger partial charge in [0.2, 0.25) is 0 Å². The van der Waals surface area contributed by atoms with Crippen molar-refractivity contribution in [3.63, 3.8) is 0 Å². The Bertz CT molecular complexity index is 1090. The van der Waals surface area contributed by atoms with Crippen LogP contribution in [0.5, 0.6) is 0 Å². The van der Waals surface area contributed by atoms with Crippen molar-refractivity contribution < 1.29 is 14.7 Å². The van der Waals surface area contributed by atoms with Gasteiger partial charge in [-0.1, -0.05) is 53.2 Å². The first-order chi connectivity index (χ1) is 16.8. The van der Waals surface area contributed by atoms with Crippen molar-refractivity contribution in [2.75, 3.05) is 6.61 Å². The number of nitrogens with zero attached hydrogens (tertiary/aromatic N) is 1. The van der Waals surface area contributed by atoms with E-state index in [2.05, 4.69) is 40.7 Å². The Balaban J connectivity index is 1.66. The zero-order valence-electron chi connectivity index (χ0n) is 23.2. The first-order valence-electron chi connectivity index (χ1n) is 14.3. The summed E-state index contributed by atoms with van der Waals surface area (Å²) in [4.78, 5) is 27.2. The molecule has 0 heterocycles. The smallest absolute Gasteiger partial charge is 0.176 e. The van der Waals surface area contributed by atoms with Crippen molar-refractivity contribution in [2.24, 2.45) is 50.7 Å². The first-order valence-corrected chi connectivity index (χ1v) is 14.3. The normalized spacial score (nSPS) is 47.4. The first kappa shape index (κ1) is 25.9. The van der Waals surface area contributed by atoms with E-state index in [1.807, 2.05) is 19.1 Å². The molecule has 4 heteroatoms. The molecule has 196 valence electrons. The second kappa shape index (κ2) is 8.13. The molecular weight excluding hydrogens is 446 g/mol. The van der Waals surface area contributed by atoms with Crippen LogP contribution in [0.1, 0.15) is 99.3 Å². The zero-order chi connectivity index (χ0) is 26.3. The van der Waals surface area contributed by atoms with E-state index in [0.717, 1.165) is 51.4 Å². The van der Waals surface area contributed by atoms with Crippen molar-refractivity contribution in [1.29, 1.82) is 5.26 Å². The number of carbonyl (C=O) groups excluding carboxylic acids is 2. The lowest BCUT2D eigenvalue weighted by Crippen LogP contribution is -2.64. The quantitative estimate of drug-likeness (QED) is 0.483. The van der Waals surface area contributed by atoms with Gasteiger partial charge in [-0.3, -0.25) is 9.59 Å². The van der Waals surface area contributed by atoms with Crippen LogP contribution < -0.4 is 0 Å². The van der Waals surface area contributed by atoms with Gasteiger partial charge in [-0.25, -0.2) is 0 Å². The summed E-state index contributed by atoms with van der Waals surface area (Å²) in [6.07, 6.45) is 13.3. The highest BCUT2D eigenvalue weighted by Gasteiger charge is 2.68. The Hall–Kier alpha value is -1.73. The number of aliphatic hydroxyl groups is 1. The summed E-state index contributed by atoms with van der Waals surface area (Å²) in [5.41, 5.74) is 1.11. The average molecular weight is 492 g/mol. The van der Waals surface area contributed by atoms with E-state index in [1.165, 1.54) is 12.0 Å². The van der Waals surface area contributed by atoms with E-state index in [4.69, 9.17) is 0 Å². The lowest BCUT2D eigenvalue weighted by atomic mass is 9.34. The van der Waals surface area contributed by atoms with Gasteiger partial charge in [0.05, 0.1) is 5.57 Å². The number of nitriles is 1. The molecule has 0 aromatic heterocycles. The number of hydrogen-bond donors (Lipinski definition) is 1. The van der Waals surface area contributed by atoms with E-state index in [0.29, 0.717) is 5.92 Å². The lowest BCUT2D eigenvalue weighted by Gasteiger charge is -2.69. The van der Waals surface area contributed by atoms with Crippen LogP contribution in [0.3, 0.4) is 0 Å². The van der Waals surface area contributed by atoms with Crippen LogP contribution in [-0.4, -0.2) is 23.3 Å². The van der Waals surface area contributed by atoms with Crippen molar-refractivity contribution in [3.8, 4) is 6.07 Å². The molecule has 3 saturated carbocycles. The molecule has 3 unspecified atom stereocenters. The number of fused-ring (bicyclic) bond motifs is 7. The number of carbonyl (C=O) groups is 2. The maximum absolute atomic E-state index is 14.3. The van der Waals surface area contributed by atoms with Gasteiger partial charge in [-0.15, -0.1) is 0 Å². The number of ketones is 2. The molecular formula is C32H45NO3. The fraction of sp³-hybridized carbons (Fsp3) is 0.781. The average Bonchev–Trinajstić information content (AvgIpc) is 2.82. The molecule has 0 amide bonds. The highest BCUT2D eigenvalue weighted by Crippen LogP contribution is 2.74. The van der Waals surface area contributed by atoms with E-state index in [9.17, 15) is 20.0 Å². The topological polar surface area (TPSA) is 78.2 Å². The summed E-state index contributed by atoms with van der Waals surface area (Å²) in [5.74, 6) is 0.523. The maximum atomic E-state index is 14.3. The van der Waals surface area contributed by atoms with E-state index in [-0.39, 0.29) is 63.2 Å². The molecule has 4 nitrogen and oxygen atoms in total. The lowest BCUT2D eigenvalue weighted by molar-refractivity contribution is -0.171. The van der Waals surface area contributed by atoms with Crippen LogP contribution in [0.25, 0.3) is 0 Å². The minimum atomic E-state index is -0.438. The molecule has 5 aliphatic carbocycles. The molecule has 5 aliphatic rings. The summed E-state index contributed by atoms with van der Waals surface area (Å²) in [7, 11) is 0. The molecule has 1 N–H and O–H groups in total. The predicted molar refractivity (Wildman–Crippen MR) is 141 cm³/mol. The third kappa shape index (κ3) is 3.27. The van der Waals surface area contributed by atoms with Crippen LogP contribution >= 0.6 is 0 Å². The molecule has 8 atom stereocenters. The Kier molecular flexibility index (Phi) is 5.85. The van der Waals surface area contributed by atoms with E-state index < -0.39 is 5.41 Å². The standard InChI is InChI=1S/C32H45NO3/c1-20-22-8-10-30(5)25(29(22,4)17-21(19-33)27(20)36)16-24(35)26-23-18-28(2,3)11-13-32(23,9-7-15-34)14-12-31(26,30)6/h16-17,20,22-23,26,34H,7-15,18H2,1-6H3/t20-,22?,23?,26?,29-,30+,31+,32+/m0/s1. The summed E-state index contributed by atoms with van der Waals surface area (Å²) >= 11 is 0. The Morgan fingerprint density at radius 2 is 1.72 bits per heavy atom. The number of aliphatic hydroxyl groups excluding tert-OH is 1. The number of hydrogen-bond acceptors (Lipinski definition) is 4. The summed E-state index contributed by atoms with van der Waals surface area (Å²) in [5, 5.41) is 19.5. The van der Waals surface area contributed by atoms with Crippen molar-refractivity contribution in [2.45, 2.75) is 99.3 Å². The van der Waals surface area contributed by atoms with Gasteiger partial charge in [-0.05, 0) is 97.4 Å². The van der Waals surface area contributed by atoms with Crippen LogP contribution in [0, 0.1) is 62.1 Å². The third-order valence-electron chi connectivity index (χ3n) is 12.5. The monoisotopic (exact) mass is 491 g/mol. The number of rotatable bonds is 3. The summed E-state index contributed by atoms with van der Waals surface area (Å²) in [6, 6.07) is 2.18. The Morgan fingerprint density at radius 1 is 1.03 bits per heavy atom. The van der Waals surface area contributed by atoms with Gasteiger partial charge in [-0.2, -0.15) is 5.26 Å². The summed E-state index contributed by atoms with van der Waals surface area (Å²) < 4.78 is 0. The number of Topliss-reactive ketones (excluding diaryl/α,β-unsaturated/α-hetero) is 1. The molecule has 0 aliphatic heterocycles. The fourth-order valence-corrected chi connectivity index (χ4v) is 10.2. The minimum Gasteiger partial charge on any atom is -0.396 e. The Morgan fingerprint density at radius 3 is 2.39 bits per heavy atom. The van der Waals surface area contributed by atoms with E-state index in [1.54, 1.807) is 0 Å². The van der Waals surface area contributed by atoms with Gasteiger partial charge in [0.15, 0.2) is 11.6 Å². The van der Waals surface area contributed by atoms with Crippen LogP contribution in [0.2, 0.25) is 0 Å². The van der Waals surface area contributed by atoms with Crippen LogP contribution in [-0.2, 0) is 9.59 Å². The predicted octanol–water partition coefficient (Wildman–Crippen LogP) is 6.59. The second-order valence-corrected chi connectivity index (χ2v) is 14.6. The molecule has 0 aromatic carbocycles. The van der Waals surface area contributed by atoms with Crippen molar-refractivity contribution >= 4 is 11.6 Å². The van der Waals surface area contributed by atoms with Crippen LogP contribution in [0.4, 0.5) is 0 Å². The molecule has 5 rings (SSSR count). The van der Waals surface area contributed by atoms with Gasteiger partial charge in [0.1, 0.15) is 6.07 Å². The van der Waals surface area contributed by atoms with Crippen molar-refractivity contribution in [3.05, 3.63) is 23.3 Å². The molecule has 0 radical (unpaired) electrons. The van der Waals surface area contributed by atoms with Gasteiger partial charge in [0, 0.05) is 23.9 Å². The highest BCUT2D eigenvalue weighted by molar-refractivity contribution is 6.02. The van der Waals surface area contributed by atoms with Gasteiger partial charge < -0.3 is 5.11 Å². The zero-order valence-corrected chi connectivity index (χ0v) is 23.2. The fourth-order valence-electron chi connectivity index (χ4n) is 10.2. The third-order valence-corrected chi connectivity index (χ3v) is 12.5. The Labute approximate surface area is 217 Å². The van der Waals surface area contributed by atoms with Gasteiger partial charge in [0.25, 0.3) is 0 Å². The maximum Gasteiger partial charge on any atom is 0.176 e. The largest absolute Gasteiger partial charge is 0.396 e. The molecule has 3 fully saturated rings. The second-order valence-electron chi connectivity index (χ2n) is 14.6. The minimum absolute atomic E-state index is 0.000445. The molecule has 0 spiro atoms. The highest BCUT2D eigenvalue weighted by atomic mass is 16.3. The molecule has 36 heavy (non-hydrogen) atoms. The van der Waals surface area contributed by atoms with Crippen LogP contribution in [0.15, 0.2) is 23.3 Å². The SMILES string of the molecule is C[C@@H]1C(=O)C(C#N)=C[C@]2(C)C3=CC(=O)C4C5CC(C)(C)CC[C@]5(CCCO)CC[C@@]4(C)[C@]3(C)CCC12. The molecule has 0 bridgehead atoms. The number of allylic oxidation sites excluding steroid dienone is 4. The van der Waals surface area contributed by atoms with E-state index >= 15 is 0 Å².